The monoisotopic (exact) mass is 431 g/mol. The van der Waals surface area contributed by atoms with Gasteiger partial charge in [0.2, 0.25) is 5.91 Å². The molecule has 1 aromatic heterocycles. The molecule has 0 saturated carbocycles. The standard InChI is InChI=1S/C26H29N3O3/c1-20(25(30)28-14-16-29(17-15-28)26(31)24-13-8-18-32-24)27-19-23(21-9-4-2-5-10-21)22-11-6-3-7-12-22/h2-13,18,20,23,27H,14-17,19H2,1H3. The van der Waals surface area contributed by atoms with Crippen molar-refractivity contribution >= 4 is 11.8 Å². The molecule has 32 heavy (non-hydrogen) atoms. The van der Waals surface area contributed by atoms with Gasteiger partial charge in [-0.3, -0.25) is 9.59 Å². The van der Waals surface area contributed by atoms with E-state index in [9.17, 15) is 9.59 Å². The van der Waals surface area contributed by atoms with Crippen molar-refractivity contribution in [3.05, 3.63) is 95.9 Å². The quantitative estimate of drug-likeness (QED) is 0.623. The van der Waals surface area contributed by atoms with E-state index in [2.05, 4.69) is 29.6 Å². The van der Waals surface area contributed by atoms with Crippen molar-refractivity contribution in [2.45, 2.75) is 18.9 Å². The molecule has 6 heteroatoms. The van der Waals surface area contributed by atoms with Crippen molar-refractivity contribution in [3.63, 3.8) is 0 Å². The molecule has 3 aromatic rings. The van der Waals surface area contributed by atoms with E-state index < -0.39 is 0 Å². The molecule has 1 N–H and O–H groups in total. The highest BCUT2D eigenvalue weighted by molar-refractivity contribution is 5.91. The maximum Gasteiger partial charge on any atom is 0.289 e. The molecule has 1 saturated heterocycles. The highest BCUT2D eigenvalue weighted by Gasteiger charge is 2.28. The second-order valence-electron chi connectivity index (χ2n) is 8.10. The fourth-order valence-corrected chi connectivity index (χ4v) is 4.14. The van der Waals surface area contributed by atoms with Crippen LogP contribution in [0.4, 0.5) is 0 Å². The van der Waals surface area contributed by atoms with Gasteiger partial charge in [0.05, 0.1) is 12.3 Å². The van der Waals surface area contributed by atoms with Crippen molar-refractivity contribution in [2.75, 3.05) is 32.7 Å². The normalized spacial score (nSPS) is 15.1. The largest absolute Gasteiger partial charge is 0.459 e. The molecule has 166 valence electrons. The smallest absolute Gasteiger partial charge is 0.289 e. The van der Waals surface area contributed by atoms with Crippen LogP contribution < -0.4 is 5.32 Å². The Kier molecular flexibility index (Phi) is 7.02. The number of amides is 2. The van der Waals surface area contributed by atoms with E-state index in [-0.39, 0.29) is 23.8 Å². The first kappa shape index (κ1) is 21.8. The topological polar surface area (TPSA) is 65.8 Å². The summed E-state index contributed by atoms with van der Waals surface area (Å²) in [5, 5.41) is 3.45. The van der Waals surface area contributed by atoms with E-state index in [1.807, 2.05) is 48.2 Å². The van der Waals surface area contributed by atoms with Gasteiger partial charge in [-0.2, -0.15) is 0 Å². The van der Waals surface area contributed by atoms with Gasteiger partial charge in [0, 0.05) is 38.6 Å². The first-order valence-corrected chi connectivity index (χ1v) is 11.1. The SMILES string of the molecule is CC(NCC(c1ccccc1)c1ccccc1)C(=O)N1CCN(C(=O)c2ccco2)CC1. The van der Waals surface area contributed by atoms with Crippen LogP contribution >= 0.6 is 0 Å². The number of furan rings is 1. The Morgan fingerprint density at radius 2 is 1.41 bits per heavy atom. The molecule has 4 rings (SSSR count). The molecule has 1 unspecified atom stereocenters. The zero-order chi connectivity index (χ0) is 22.3. The maximum absolute atomic E-state index is 13.0. The summed E-state index contributed by atoms with van der Waals surface area (Å²) in [5.74, 6) is 0.444. The second-order valence-corrected chi connectivity index (χ2v) is 8.10. The predicted octanol–water partition coefficient (Wildman–Crippen LogP) is 3.37. The van der Waals surface area contributed by atoms with Gasteiger partial charge in [-0.05, 0) is 30.2 Å². The third-order valence-electron chi connectivity index (χ3n) is 6.01. The van der Waals surface area contributed by atoms with Crippen LogP contribution in [0.15, 0.2) is 83.5 Å². The van der Waals surface area contributed by atoms with Gasteiger partial charge in [-0.15, -0.1) is 0 Å². The molecule has 2 amide bonds. The van der Waals surface area contributed by atoms with Crippen molar-refractivity contribution in [3.8, 4) is 0 Å². The van der Waals surface area contributed by atoms with Crippen molar-refractivity contribution in [1.82, 2.24) is 15.1 Å². The zero-order valence-corrected chi connectivity index (χ0v) is 18.3. The van der Waals surface area contributed by atoms with Gasteiger partial charge in [0.1, 0.15) is 0 Å². The van der Waals surface area contributed by atoms with Crippen LogP contribution in [0.25, 0.3) is 0 Å². The molecule has 0 spiro atoms. The molecule has 0 bridgehead atoms. The molecule has 1 aliphatic rings. The Morgan fingerprint density at radius 1 is 0.844 bits per heavy atom. The first-order valence-electron chi connectivity index (χ1n) is 11.1. The van der Waals surface area contributed by atoms with Gasteiger partial charge in [-0.1, -0.05) is 60.7 Å². The van der Waals surface area contributed by atoms with Gasteiger partial charge in [0.25, 0.3) is 5.91 Å². The Bertz CT molecular complexity index is 958. The molecular formula is C26H29N3O3. The fraction of sp³-hybridized carbons (Fsp3) is 0.308. The number of piperazine rings is 1. The summed E-state index contributed by atoms with van der Waals surface area (Å²) in [5.41, 5.74) is 2.44. The summed E-state index contributed by atoms with van der Waals surface area (Å²) in [6.07, 6.45) is 1.50. The molecule has 0 radical (unpaired) electrons. The average Bonchev–Trinajstić information content (AvgIpc) is 3.40. The van der Waals surface area contributed by atoms with Gasteiger partial charge >= 0.3 is 0 Å². The van der Waals surface area contributed by atoms with Gasteiger partial charge in [0.15, 0.2) is 5.76 Å². The Balaban J connectivity index is 1.33. The number of rotatable bonds is 7. The highest BCUT2D eigenvalue weighted by Crippen LogP contribution is 2.24. The van der Waals surface area contributed by atoms with E-state index in [4.69, 9.17) is 4.42 Å². The second kappa shape index (κ2) is 10.3. The number of carbonyl (C=O) groups is 2. The Hall–Kier alpha value is -3.38. The van der Waals surface area contributed by atoms with Crippen LogP contribution in [0.2, 0.25) is 0 Å². The molecular weight excluding hydrogens is 402 g/mol. The number of nitrogens with one attached hydrogen (secondary N) is 1. The van der Waals surface area contributed by atoms with Crippen molar-refractivity contribution in [1.29, 1.82) is 0 Å². The van der Waals surface area contributed by atoms with Gasteiger partial charge in [-0.25, -0.2) is 0 Å². The lowest BCUT2D eigenvalue weighted by Crippen LogP contribution is -2.54. The summed E-state index contributed by atoms with van der Waals surface area (Å²) >= 11 is 0. The minimum Gasteiger partial charge on any atom is -0.459 e. The van der Waals surface area contributed by atoms with Crippen LogP contribution in [0.1, 0.15) is 34.5 Å². The highest BCUT2D eigenvalue weighted by atomic mass is 16.3. The molecule has 2 aromatic carbocycles. The summed E-state index contributed by atoms with van der Waals surface area (Å²) in [7, 11) is 0. The third-order valence-corrected chi connectivity index (χ3v) is 6.01. The van der Waals surface area contributed by atoms with E-state index in [0.29, 0.717) is 38.5 Å². The lowest BCUT2D eigenvalue weighted by atomic mass is 9.91. The summed E-state index contributed by atoms with van der Waals surface area (Å²) < 4.78 is 5.21. The van der Waals surface area contributed by atoms with Crippen molar-refractivity contribution < 1.29 is 14.0 Å². The molecule has 1 aliphatic heterocycles. The number of hydrogen-bond donors (Lipinski definition) is 1. The lowest BCUT2D eigenvalue weighted by Gasteiger charge is -2.36. The van der Waals surface area contributed by atoms with E-state index in [1.165, 1.54) is 17.4 Å². The zero-order valence-electron chi connectivity index (χ0n) is 18.3. The first-order chi connectivity index (χ1) is 15.6. The summed E-state index contributed by atoms with van der Waals surface area (Å²) in [4.78, 5) is 29.0. The molecule has 2 heterocycles. The lowest BCUT2D eigenvalue weighted by molar-refractivity contribution is -0.134. The van der Waals surface area contributed by atoms with Crippen LogP contribution in [0, 0.1) is 0 Å². The van der Waals surface area contributed by atoms with E-state index >= 15 is 0 Å². The minimum atomic E-state index is -0.308. The van der Waals surface area contributed by atoms with Gasteiger partial charge < -0.3 is 19.5 Å². The third kappa shape index (κ3) is 5.08. The molecule has 1 atom stereocenters. The van der Waals surface area contributed by atoms with Crippen LogP contribution in [0.5, 0.6) is 0 Å². The van der Waals surface area contributed by atoms with Crippen LogP contribution in [-0.2, 0) is 4.79 Å². The summed E-state index contributed by atoms with van der Waals surface area (Å²) in [6.45, 7) is 4.65. The van der Waals surface area contributed by atoms with Crippen LogP contribution in [-0.4, -0.2) is 60.4 Å². The number of carbonyl (C=O) groups excluding carboxylic acids is 2. The molecule has 1 fully saturated rings. The summed E-state index contributed by atoms with van der Waals surface area (Å²) in [6, 6.07) is 23.8. The maximum atomic E-state index is 13.0. The molecule has 0 aliphatic carbocycles. The molecule has 6 nitrogen and oxygen atoms in total. The minimum absolute atomic E-state index is 0.0648. The van der Waals surface area contributed by atoms with E-state index in [1.54, 1.807) is 17.0 Å². The fourth-order valence-electron chi connectivity index (χ4n) is 4.14. The predicted molar refractivity (Wildman–Crippen MR) is 123 cm³/mol. The number of hydrogen-bond acceptors (Lipinski definition) is 4. The average molecular weight is 432 g/mol. The van der Waals surface area contributed by atoms with Crippen LogP contribution in [0.3, 0.4) is 0 Å². The number of benzene rings is 2. The number of nitrogens with zero attached hydrogens (tertiary/aromatic N) is 2. The Labute approximate surface area is 188 Å². The Morgan fingerprint density at radius 3 is 1.94 bits per heavy atom. The van der Waals surface area contributed by atoms with Crippen molar-refractivity contribution in [2.24, 2.45) is 0 Å². The van der Waals surface area contributed by atoms with E-state index in [0.717, 1.165) is 0 Å².